The number of Topliss-reactive ketones (excluding diaryl/α,β-unsaturated/α-hetero) is 1. The summed E-state index contributed by atoms with van der Waals surface area (Å²) in [5, 5.41) is 44.7. The van der Waals surface area contributed by atoms with E-state index in [0.29, 0.717) is 0 Å². The first-order valence-electron chi connectivity index (χ1n) is 29.2. The van der Waals surface area contributed by atoms with Crippen molar-refractivity contribution in [2.45, 2.75) is 182 Å². The molecule has 2 bridgehead atoms. The van der Waals surface area contributed by atoms with Crippen LogP contribution in [0.3, 0.4) is 0 Å². The lowest BCUT2D eigenvalue weighted by Crippen LogP contribution is -2.66. The number of alkyl carbamates (subject to hydrolysis) is 1. The average molecular weight is 1340 g/mol. The molecule has 498 valence electrons. The molecule has 1 aromatic rings. The third-order valence-corrected chi connectivity index (χ3v) is 20.9. The van der Waals surface area contributed by atoms with Crippen molar-refractivity contribution in [1.82, 2.24) is 16.1 Å². The molecular formula is C61H84N4O21S4. The van der Waals surface area contributed by atoms with E-state index in [1.807, 2.05) is 47.1 Å². The van der Waals surface area contributed by atoms with E-state index in [1.54, 1.807) is 20.1 Å². The molecule has 7 rings (SSSR count). The largest absolute Gasteiger partial charge is 0.493 e. The Morgan fingerprint density at radius 2 is 1.59 bits per heavy atom. The van der Waals surface area contributed by atoms with Gasteiger partial charge in [-0.1, -0.05) is 78.7 Å². The van der Waals surface area contributed by atoms with Crippen molar-refractivity contribution in [3.63, 3.8) is 0 Å². The number of benzene rings is 1. The molecule has 90 heavy (non-hydrogen) atoms. The highest BCUT2D eigenvalue weighted by atomic mass is 33.5. The van der Waals surface area contributed by atoms with Gasteiger partial charge in [0.2, 0.25) is 5.78 Å². The highest BCUT2D eigenvalue weighted by Crippen LogP contribution is 2.46. The van der Waals surface area contributed by atoms with Gasteiger partial charge >= 0.3 is 12.1 Å². The van der Waals surface area contributed by atoms with Gasteiger partial charge in [0.25, 0.3) is 5.91 Å². The molecule has 1 aromatic carbocycles. The Morgan fingerprint density at radius 1 is 0.889 bits per heavy atom. The maximum Gasteiger partial charge on any atom is 0.411 e. The Kier molecular flexibility index (Phi) is 26.7. The van der Waals surface area contributed by atoms with Crippen LogP contribution < -0.4 is 30.9 Å². The highest BCUT2D eigenvalue weighted by Gasteiger charge is 2.59. The normalized spacial score (nSPS) is 35.0. The maximum atomic E-state index is 15.7. The Morgan fingerprint density at radius 3 is 2.24 bits per heavy atom. The van der Waals surface area contributed by atoms with Crippen molar-refractivity contribution < 1.29 is 101 Å². The number of hydrogen-bond acceptors (Lipinski definition) is 27. The van der Waals surface area contributed by atoms with E-state index in [4.69, 9.17) is 66.4 Å². The zero-order chi connectivity index (χ0) is 65.8. The number of nitrogens with one attached hydrogen (secondary N) is 4. The second-order valence-electron chi connectivity index (χ2n) is 22.3. The van der Waals surface area contributed by atoms with E-state index in [2.05, 4.69) is 51.7 Å². The van der Waals surface area contributed by atoms with Gasteiger partial charge in [0.05, 0.1) is 99.8 Å². The van der Waals surface area contributed by atoms with Gasteiger partial charge in [-0.15, -0.1) is 0 Å². The minimum absolute atomic E-state index is 0.0679. The minimum Gasteiger partial charge on any atom is -0.493 e. The summed E-state index contributed by atoms with van der Waals surface area (Å²) in [7, 11) is 11.0. The molecule has 4 heterocycles. The number of rotatable bonds is 25. The average Bonchev–Trinajstić information content (AvgIpc) is 0.738. The third kappa shape index (κ3) is 17.2. The van der Waals surface area contributed by atoms with Crippen LogP contribution >= 0.6 is 43.2 Å². The molecule has 2 aliphatic carbocycles. The molecule has 4 fully saturated rings. The number of allylic oxidation sites excluding steroid dienone is 2. The fourth-order valence-corrected chi connectivity index (χ4v) is 14.9. The molecule has 2 unspecified atom stereocenters. The molecule has 19 atom stereocenters. The van der Waals surface area contributed by atoms with Crippen molar-refractivity contribution in [3.8, 4) is 35.2 Å². The molecule has 25 nitrogen and oxygen atoms in total. The lowest BCUT2D eigenvalue weighted by molar-refractivity contribution is -0.371. The summed E-state index contributed by atoms with van der Waals surface area (Å²) in [6.07, 6.45) is -6.96. The van der Waals surface area contributed by atoms with Gasteiger partial charge in [-0.05, 0) is 62.2 Å². The molecule has 4 saturated heterocycles. The van der Waals surface area contributed by atoms with Crippen LogP contribution in [0.5, 0.6) is 11.5 Å². The summed E-state index contributed by atoms with van der Waals surface area (Å²) in [4.78, 5) is 62.9. The number of aliphatic hydroxyl groups is 3. The predicted octanol–water partition coefficient (Wildman–Crippen LogP) is 5.08. The fourth-order valence-electron chi connectivity index (χ4n) is 11.6. The maximum absolute atomic E-state index is 15.7. The number of aliphatic hydroxyl groups excluding tert-OH is 2. The number of anilines is 1. The lowest BCUT2D eigenvalue weighted by atomic mass is 9.73. The van der Waals surface area contributed by atoms with Crippen molar-refractivity contribution in [3.05, 3.63) is 65.1 Å². The lowest BCUT2D eigenvalue weighted by Gasteiger charge is -2.52. The highest BCUT2D eigenvalue weighted by molar-refractivity contribution is 9.09. The van der Waals surface area contributed by atoms with Crippen LogP contribution in [-0.2, 0) is 66.5 Å². The first-order chi connectivity index (χ1) is 42.9. The number of ether oxygens (including phenoxy) is 13. The van der Waals surface area contributed by atoms with Crippen LogP contribution in [0.2, 0.25) is 0 Å². The van der Waals surface area contributed by atoms with Crippen LogP contribution in [0.25, 0.3) is 0 Å². The number of thioether (sulfide) groups is 1. The van der Waals surface area contributed by atoms with Gasteiger partial charge in [-0.25, -0.2) is 9.59 Å². The summed E-state index contributed by atoms with van der Waals surface area (Å²) in [5.41, 5.74) is -0.435. The molecule has 29 heteroatoms. The van der Waals surface area contributed by atoms with Crippen LogP contribution in [-0.4, -0.2) is 214 Å². The summed E-state index contributed by atoms with van der Waals surface area (Å²) < 4.78 is 79.5. The number of esters is 1. The van der Waals surface area contributed by atoms with Gasteiger partial charge in [0.15, 0.2) is 53.6 Å². The zero-order valence-electron chi connectivity index (χ0n) is 52.8. The monoisotopic (exact) mass is 1340 g/mol. The van der Waals surface area contributed by atoms with Gasteiger partial charge in [0, 0.05) is 67.4 Å². The topological polar surface area (TPSA) is 306 Å². The van der Waals surface area contributed by atoms with Crippen molar-refractivity contribution in [2.75, 3.05) is 65.7 Å². The van der Waals surface area contributed by atoms with E-state index in [-0.39, 0.29) is 94.4 Å². The second kappa shape index (κ2) is 33.0. The molecule has 0 spiro atoms. The number of fused-ring (bicyclic) bond motifs is 2. The molecular weight excluding hydrogens is 1250 g/mol. The van der Waals surface area contributed by atoms with Crippen molar-refractivity contribution in [2.24, 2.45) is 5.92 Å². The van der Waals surface area contributed by atoms with E-state index >= 15 is 4.79 Å². The standard InChI is InChI=1S/C61H84N4O21S4/c1-30(2)62-39-29-78-46(27-42(39)74-10)82-55-31(3)50(65-86-48-26-40(66)54(87-14)34(6)80-48)32(4)84-60(55,8)85-41-20-18-16-17-19-22-61(72)37(21-23-89-90-88-15)49(41)51(64-59(71)77-13)53(68)56(61)83-47-28-45(52(67)33(5)79-47)81-58(70)36-24-43(75-11)44(76-12)25-38(36)63-57(69)35(7)73-9/h16-17,21,24-25,30-34,39-42,45-48,50,52,54-56,62,65-67,72H,7,23,26-29H2,1-6,8-15H3,(H,63,69)(H,64,71)/b17-16-,37-21+/t31-,32-,33-,34+,39-,40-,41-,42-,45-,46-,47?,48?,50-,52-,54+,55+,56+,60-,61+/m0/s1. The first-order valence-corrected chi connectivity index (χ1v) is 34.5. The number of carbonyl (C=O) groups is 4. The first kappa shape index (κ1) is 72.8. The molecule has 2 amide bonds. The van der Waals surface area contributed by atoms with Crippen LogP contribution in [0, 0.1) is 29.6 Å². The quantitative estimate of drug-likeness (QED) is 0.0128. The molecule has 6 aliphatic rings. The predicted molar refractivity (Wildman–Crippen MR) is 338 cm³/mol. The molecule has 7 N–H and O–H groups in total. The number of methoxy groups -OCH3 is 5. The third-order valence-electron chi connectivity index (χ3n) is 16.0. The Balaban J connectivity index is 1.29. The number of hydroxylamine groups is 1. The summed E-state index contributed by atoms with van der Waals surface area (Å²) in [6, 6.07) is 1.92. The molecule has 0 aromatic heterocycles. The summed E-state index contributed by atoms with van der Waals surface area (Å²) in [6.45, 7) is 16.6. The van der Waals surface area contributed by atoms with Crippen molar-refractivity contribution >= 4 is 72.6 Å². The second-order valence-corrected chi connectivity index (χ2v) is 27.7. The number of ketones is 1. The van der Waals surface area contributed by atoms with Crippen LogP contribution in [0.15, 0.2) is 59.5 Å². The summed E-state index contributed by atoms with van der Waals surface area (Å²) in [5.74, 6) is 6.61. The number of amides is 2. The van der Waals surface area contributed by atoms with E-state index in [9.17, 15) is 29.7 Å². The smallest absolute Gasteiger partial charge is 0.411 e. The van der Waals surface area contributed by atoms with Gasteiger partial charge in [0.1, 0.15) is 24.4 Å². The van der Waals surface area contributed by atoms with E-state index in [0.717, 1.165) is 7.11 Å². The Bertz CT molecular complexity index is 2940. The van der Waals surface area contributed by atoms with Crippen LogP contribution in [0.1, 0.15) is 78.1 Å². The molecule has 0 saturated carbocycles. The molecule has 4 aliphatic heterocycles. The van der Waals surface area contributed by atoms with Gasteiger partial charge in [-0.3, -0.25) is 19.7 Å². The minimum atomic E-state index is -2.62. The Labute approximate surface area is 541 Å². The molecule has 0 radical (unpaired) electrons. The number of hydrogen-bond donors (Lipinski definition) is 7. The van der Waals surface area contributed by atoms with Gasteiger partial charge in [-0.2, -0.15) is 17.2 Å². The van der Waals surface area contributed by atoms with Gasteiger partial charge < -0.3 is 87.5 Å². The SMILES string of the molecule is C=C(OC)C(=O)Nc1cc(OC)c(OC)cc1C(=O)O[C@H]1CC(O[C@@H]2C(=O)C(NC(=O)OC)=C3/C(=C\CSSSC)[C@]2(O)C#C/C=C\C#C[C@@H]3O[C@]2(C)O[C@@H](C)[C@@H](NOC3C[C@H](O)[C@H](SC)[C@@H](C)O3)[C@H](C)[C@H]2O[C@H]2C[C@H](OC)[C@@H](NC(C)C)CO2)O[C@@H](C)[C@@H]1O. The zero-order valence-corrected chi connectivity index (χ0v) is 56.1. The number of carbonyl (C=O) groups excluding carboxylic acids is 4. The van der Waals surface area contributed by atoms with E-state index < -0.39 is 127 Å². The fraction of sp³-hybridized carbons (Fsp3) is 0.639. The van der Waals surface area contributed by atoms with E-state index in [1.165, 1.54) is 95.7 Å². The van der Waals surface area contributed by atoms with Crippen LogP contribution in [0.4, 0.5) is 10.5 Å². The summed E-state index contributed by atoms with van der Waals surface area (Å²) >= 11 is 1.51. The Hall–Kier alpha value is -4.58. The van der Waals surface area contributed by atoms with Crippen molar-refractivity contribution in [1.29, 1.82) is 0 Å².